The molecule has 0 amide bonds. The van der Waals surface area contributed by atoms with Gasteiger partial charge in [-0.2, -0.15) is 0 Å². The van der Waals surface area contributed by atoms with Crippen LogP contribution in [0.2, 0.25) is 0 Å². The van der Waals surface area contributed by atoms with Crippen molar-refractivity contribution in [2.45, 2.75) is 45.4 Å². The van der Waals surface area contributed by atoms with Crippen molar-refractivity contribution >= 4 is 15.9 Å². The number of rotatable bonds is 2. The first-order chi connectivity index (χ1) is 5.80. The van der Waals surface area contributed by atoms with Crippen molar-refractivity contribution in [3.05, 3.63) is 0 Å². The van der Waals surface area contributed by atoms with E-state index >= 15 is 0 Å². The zero-order valence-electron chi connectivity index (χ0n) is 7.98. The van der Waals surface area contributed by atoms with Gasteiger partial charge in [0.25, 0.3) is 0 Å². The van der Waals surface area contributed by atoms with E-state index in [1.54, 1.807) is 6.42 Å². The van der Waals surface area contributed by atoms with E-state index in [2.05, 4.69) is 22.9 Å². The molecule has 2 aliphatic carbocycles. The molecule has 2 rings (SSSR count). The van der Waals surface area contributed by atoms with Crippen molar-refractivity contribution in [3.63, 3.8) is 0 Å². The van der Waals surface area contributed by atoms with E-state index < -0.39 is 0 Å². The van der Waals surface area contributed by atoms with Gasteiger partial charge in [-0.25, -0.2) is 0 Å². The van der Waals surface area contributed by atoms with Crippen LogP contribution in [-0.2, 0) is 0 Å². The first-order valence-corrected chi connectivity index (χ1v) is 6.49. The van der Waals surface area contributed by atoms with Gasteiger partial charge in [0, 0.05) is 5.33 Å². The van der Waals surface area contributed by atoms with Crippen LogP contribution < -0.4 is 0 Å². The normalized spacial score (nSPS) is 46.5. The molecule has 3 unspecified atom stereocenters. The Bertz CT molecular complexity index is 166. The Hall–Kier alpha value is 0.480. The monoisotopic (exact) mass is 230 g/mol. The summed E-state index contributed by atoms with van der Waals surface area (Å²) < 4.78 is 0. The van der Waals surface area contributed by atoms with Gasteiger partial charge in [0.05, 0.1) is 0 Å². The van der Waals surface area contributed by atoms with Gasteiger partial charge < -0.3 is 0 Å². The molecule has 12 heavy (non-hydrogen) atoms. The first-order valence-electron chi connectivity index (χ1n) is 5.36. The predicted molar refractivity (Wildman–Crippen MR) is 56.6 cm³/mol. The summed E-state index contributed by atoms with van der Waals surface area (Å²) in [6.07, 6.45) is 9.01. The molecule has 0 N–H and O–H groups in total. The van der Waals surface area contributed by atoms with Gasteiger partial charge in [-0.05, 0) is 36.5 Å². The van der Waals surface area contributed by atoms with Crippen LogP contribution in [0.1, 0.15) is 45.4 Å². The fourth-order valence-corrected chi connectivity index (χ4v) is 3.99. The van der Waals surface area contributed by atoms with Crippen LogP contribution >= 0.6 is 15.9 Å². The molecule has 2 aliphatic rings. The minimum atomic E-state index is 0.822. The molecule has 0 aromatic rings. The summed E-state index contributed by atoms with van der Waals surface area (Å²) in [6, 6.07) is 0. The number of hydrogen-bond donors (Lipinski definition) is 0. The molecule has 0 aromatic heterocycles. The average molecular weight is 231 g/mol. The van der Waals surface area contributed by atoms with Crippen molar-refractivity contribution in [2.24, 2.45) is 17.3 Å². The van der Waals surface area contributed by atoms with E-state index in [0.717, 1.165) is 17.3 Å². The van der Waals surface area contributed by atoms with E-state index in [9.17, 15) is 0 Å². The molecule has 1 spiro atoms. The molecule has 0 aromatic carbocycles. The van der Waals surface area contributed by atoms with Gasteiger partial charge in [0.2, 0.25) is 0 Å². The Balaban J connectivity index is 1.92. The third-order valence-corrected chi connectivity index (χ3v) is 4.89. The molecule has 0 nitrogen and oxygen atoms in total. The van der Waals surface area contributed by atoms with Crippen LogP contribution in [0.5, 0.6) is 0 Å². The highest BCUT2D eigenvalue weighted by Gasteiger charge is 2.54. The van der Waals surface area contributed by atoms with Gasteiger partial charge in [0.1, 0.15) is 0 Å². The molecule has 1 heteroatoms. The standard InChI is InChI=1S/C11H19Br/c1-2-9-4-3-5-11(6-9)7-10(11)8-12/h9-10H,2-8H2,1H3. The highest BCUT2D eigenvalue weighted by atomic mass is 79.9. The highest BCUT2D eigenvalue weighted by molar-refractivity contribution is 9.09. The predicted octanol–water partition coefficient (Wildman–Crippen LogP) is 3.99. The van der Waals surface area contributed by atoms with Crippen molar-refractivity contribution in [2.75, 3.05) is 5.33 Å². The quantitative estimate of drug-likeness (QED) is 0.630. The Morgan fingerprint density at radius 1 is 1.42 bits per heavy atom. The van der Waals surface area contributed by atoms with E-state index in [4.69, 9.17) is 0 Å². The van der Waals surface area contributed by atoms with Crippen LogP contribution in [-0.4, -0.2) is 5.33 Å². The summed E-state index contributed by atoms with van der Waals surface area (Å²) in [5, 5.41) is 1.25. The Morgan fingerprint density at radius 2 is 2.25 bits per heavy atom. The van der Waals surface area contributed by atoms with E-state index in [-0.39, 0.29) is 0 Å². The molecule has 3 atom stereocenters. The zero-order chi connectivity index (χ0) is 8.60. The van der Waals surface area contributed by atoms with Gasteiger partial charge in [-0.1, -0.05) is 42.1 Å². The fraction of sp³-hybridized carbons (Fsp3) is 1.00. The molecule has 0 bridgehead atoms. The molecule has 0 radical (unpaired) electrons. The Morgan fingerprint density at radius 3 is 2.83 bits per heavy atom. The highest BCUT2D eigenvalue weighted by Crippen LogP contribution is 2.63. The first kappa shape index (κ1) is 9.05. The minimum absolute atomic E-state index is 0.822. The van der Waals surface area contributed by atoms with Crippen LogP contribution in [0.4, 0.5) is 0 Å². The Kier molecular flexibility index (Phi) is 2.51. The summed E-state index contributed by atoms with van der Waals surface area (Å²) in [5.74, 6) is 2.09. The second-order valence-corrected chi connectivity index (χ2v) is 5.44. The topological polar surface area (TPSA) is 0 Å². The van der Waals surface area contributed by atoms with E-state index in [1.807, 2.05) is 0 Å². The summed E-state index contributed by atoms with van der Waals surface area (Å²) in [5.41, 5.74) is 0.822. The van der Waals surface area contributed by atoms with Crippen LogP contribution in [0.15, 0.2) is 0 Å². The fourth-order valence-electron chi connectivity index (χ4n) is 3.08. The van der Waals surface area contributed by atoms with Crippen molar-refractivity contribution in [3.8, 4) is 0 Å². The van der Waals surface area contributed by atoms with Crippen molar-refractivity contribution in [1.29, 1.82) is 0 Å². The largest absolute Gasteiger partial charge is 0.0925 e. The molecule has 2 fully saturated rings. The maximum Gasteiger partial charge on any atom is 0.00651 e. The molecule has 2 saturated carbocycles. The second-order valence-electron chi connectivity index (χ2n) is 4.79. The lowest BCUT2D eigenvalue weighted by molar-refractivity contribution is 0.228. The van der Waals surface area contributed by atoms with E-state index in [0.29, 0.717) is 0 Å². The van der Waals surface area contributed by atoms with Crippen LogP contribution in [0.25, 0.3) is 0 Å². The summed E-state index contributed by atoms with van der Waals surface area (Å²) >= 11 is 3.63. The summed E-state index contributed by atoms with van der Waals surface area (Å²) in [4.78, 5) is 0. The zero-order valence-corrected chi connectivity index (χ0v) is 9.57. The van der Waals surface area contributed by atoms with Crippen molar-refractivity contribution < 1.29 is 0 Å². The molecule has 0 aliphatic heterocycles. The number of alkyl halides is 1. The number of hydrogen-bond acceptors (Lipinski definition) is 0. The molecular weight excluding hydrogens is 212 g/mol. The smallest absolute Gasteiger partial charge is 0.00651 e. The lowest BCUT2D eigenvalue weighted by Crippen LogP contribution is -2.18. The third-order valence-electron chi connectivity index (χ3n) is 4.10. The van der Waals surface area contributed by atoms with Crippen LogP contribution in [0.3, 0.4) is 0 Å². The van der Waals surface area contributed by atoms with E-state index in [1.165, 1.54) is 37.4 Å². The lowest BCUT2D eigenvalue weighted by Gasteiger charge is -2.29. The van der Waals surface area contributed by atoms with Gasteiger partial charge in [-0.15, -0.1) is 0 Å². The van der Waals surface area contributed by atoms with Gasteiger partial charge >= 0.3 is 0 Å². The van der Waals surface area contributed by atoms with Crippen LogP contribution in [0, 0.1) is 17.3 Å². The minimum Gasteiger partial charge on any atom is -0.0925 e. The molecule has 0 heterocycles. The lowest BCUT2D eigenvalue weighted by atomic mass is 9.77. The average Bonchev–Trinajstić information content (AvgIpc) is 2.78. The van der Waals surface area contributed by atoms with Crippen molar-refractivity contribution in [1.82, 2.24) is 0 Å². The molecule has 0 saturated heterocycles. The maximum atomic E-state index is 3.63. The Labute approximate surface area is 84.2 Å². The number of halogens is 1. The third kappa shape index (κ3) is 1.45. The molecular formula is C11H19Br. The SMILES string of the molecule is CCC1CCCC2(C1)CC2CBr. The van der Waals surface area contributed by atoms with Gasteiger partial charge in [0.15, 0.2) is 0 Å². The molecule has 70 valence electrons. The summed E-state index contributed by atoms with van der Waals surface area (Å²) in [6.45, 7) is 2.36. The summed E-state index contributed by atoms with van der Waals surface area (Å²) in [7, 11) is 0. The van der Waals surface area contributed by atoms with Gasteiger partial charge in [-0.3, -0.25) is 0 Å². The second kappa shape index (κ2) is 3.32. The maximum absolute atomic E-state index is 3.63.